The Hall–Kier alpha value is -4.02. The number of H-pyrrole nitrogens is 1. The zero-order chi connectivity index (χ0) is 26.8. The van der Waals surface area contributed by atoms with Gasteiger partial charge in [0.2, 0.25) is 0 Å². The van der Waals surface area contributed by atoms with Crippen molar-refractivity contribution in [2.75, 3.05) is 25.5 Å². The maximum atomic E-state index is 13.2. The molecule has 10 heteroatoms. The maximum absolute atomic E-state index is 13.2. The smallest absolute Gasteiger partial charge is 0.313 e. The summed E-state index contributed by atoms with van der Waals surface area (Å²) < 4.78 is 6.65. The lowest BCUT2D eigenvalue weighted by Crippen LogP contribution is -2.41. The molecule has 2 unspecified atom stereocenters. The van der Waals surface area contributed by atoms with Crippen molar-refractivity contribution in [3.05, 3.63) is 71.6 Å². The Bertz CT molecular complexity index is 1480. The van der Waals surface area contributed by atoms with E-state index in [1.165, 1.54) is 7.11 Å². The van der Waals surface area contributed by atoms with E-state index in [1.54, 1.807) is 24.5 Å². The number of rotatable bonds is 7. The number of benzene rings is 2. The van der Waals surface area contributed by atoms with Crippen molar-refractivity contribution in [1.29, 1.82) is 0 Å². The zero-order valence-electron chi connectivity index (χ0n) is 21.8. The van der Waals surface area contributed by atoms with E-state index < -0.39 is 0 Å². The number of aryl methyl sites for hydroxylation is 1. The number of hydrogen-bond donors (Lipinski definition) is 3. The van der Waals surface area contributed by atoms with E-state index in [-0.39, 0.29) is 30.3 Å². The van der Waals surface area contributed by atoms with Gasteiger partial charge in [-0.25, -0.2) is 9.97 Å². The van der Waals surface area contributed by atoms with Crippen molar-refractivity contribution in [2.45, 2.75) is 39.3 Å². The minimum Gasteiger partial charge on any atom is -0.469 e. The minimum atomic E-state index is -0.388. The van der Waals surface area contributed by atoms with Crippen molar-refractivity contribution < 1.29 is 19.4 Å². The minimum absolute atomic E-state index is 0.0325. The summed E-state index contributed by atoms with van der Waals surface area (Å²) in [4.78, 5) is 39.0. The summed E-state index contributed by atoms with van der Waals surface area (Å²) in [6.07, 6.45) is 4.23. The molecule has 0 spiro atoms. The SMILES string of the molecule is COC(=O)Cc1nc2ccc(C(=O)Nc3cc(CN4CCC(O)C(C)C4)cc(-n4cnc(C)c4)c3)cc2[nH]1. The Morgan fingerprint density at radius 1 is 1.24 bits per heavy atom. The van der Waals surface area contributed by atoms with E-state index in [0.717, 1.165) is 36.5 Å². The van der Waals surface area contributed by atoms with Gasteiger partial charge >= 0.3 is 5.97 Å². The van der Waals surface area contributed by atoms with Crippen LogP contribution < -0.4 is 5.32 Å². The summed E-state index contributed by atoms with van der Waals surface area (Å²) in [6, 6.07) is 11.2. The third-order valence-electron chi connectivity index (χ3n) is 6.93. The molecule has 38 heavy (non-hydrogen) atoms. The van der Waals surface area contributed by atoms with Gasteiger partial charge in [0.25, 0.3) is 5.91 Å². The molecule has 1 fully saturated rings. The van der Waals surface area contributed by atoms with Gasteiger partial charge in [-0.2, -0.15) is 0 Å². The van der Waals surface area contributed by atoms with Crippen molar-refractivity contribution in [3.8, 4) is 5.69 Å². The number of piperidine rings is 1. The largest absolute Gasteiger partial charge is 0.469 e. The predicted octanol–water partition coefficient (Wildman–Crippen LogP) is 3.23. The molecule has 0 saturated carbocycles. The van der Waals surface area contributed by atoms with Gasteiger partial charge < -0.3 is 24.7 Å². The highest BCUT2D eigenvalue weighted by atomic mass is 16.5. The molecule has 10 nitrogen and oxygen atoms in total. The fourth-order valence-electron chi connectivity index (χ4n) is 4.87. The van der Waals surface area contributed by atoms with Crippen LogP contribution in [0.1, 0.15) is 40.8 Å². The topological polar surface area (TPSA) is 125 Å². The molecule has 1 aliphatic heterocycles. The Morgan fingerprint density at radius 3 is 2.82 bits per heavy atom. The van der Waals surface area contributed by atoms with Crippen LogP contribution in [0, 0.1) is 12.8 Å². The van der Waals surface area contributed by atoms with Crippen molar-refractivity contribution in [1.82, 2.24) is 24.4 Å². The lowest BCUT2D eigenvalue weighted by Gasteiger charge is -2.34. The van der Waals surface area contributed by atoms with Gasteiger partial charge in [0.15, 0.2) is 0 Å². The van der Waals surface area contributed by atoms with E-state index in [4.69, 9.17) is 4.74 Å². The quantitative estimate of drug-likeness (QED) is 0.322. The average Bonchev–Trinajstić information content (AvgIpc) is 3.51. The number of imidazole rings is 2. The lowest BCUT2D eigenvalue weighted by molar-refractivity contribution is -0.139. The number of methoxy groups -OCH3 is 1. The second kappa shape index (κ2) is 10.8. The number of anilines is 1. The standard InChI is InChI=1S/C28H32N6O4/c1-17-13-33(7-6-25(17)35)15-19-8-21(11-22(9-19)34-14-18(2)29-16-34)30-28(37)20-4-5-23-24(10-20)32-26(31-23)12-27(36)38-3/h4-5,8-11,14,16-17,25,35H,6-7,12-13,15H2,1-3H3,(H,30,37)(H,31,32). The maximum Gasteiger partial charge on any atom is 0.313 e. The number of hydrogen-bond acceptors (Lipinski definition) is 7. The van der Waals surface area contributed by atoms with Crippen LogP contribution in [0.4, 0.5) is 5.69 Å². The van der Waals surface area contributed by atoms with Crippen LogP contribution in [0.15, 0.2) is 48.9 Å². The van der Waals surface area contributed by atoms with Crippen LogP contribution in [-0.4, -0.2) is 67.7 Å². The first-order valence-corrected chi connectivity index (χ1v) is 12.7. The van der Waals surface area contributed by atoms with Crippen LogP contribution in [0.25, 0.3) is 16.7 Å². The number of nitrogens with one attached hydrogen (secondary N) is 2. The summed E-state index contributed by atoms with van der Waals surface area (Å²) in [5.41, 5.74) is 5.34. The number of fused-ring (bicyclic) bond motifs is 1. The number of aromatic amines is 1. The van der Waals surface area contributed by atoms with Crippen LogP contribution in [0.2, 0.25) is 0 Å². The first-order valence-electron chi connectivity index (χ1n) is 12.7. The van der Waals surface area contributed by atoms with Gasteiger partial charge in [-0.1, -0.05) is 6.92 Å². The third kappa shape index (κ3) is 5.76. The summed E-state index contributed by atoms with van der Waals surface area (Å²) in [7, 11) is 1.33. The summed E-state index contributed by atoms with van der Waals surface area (Å²) in [5.74, 6) is 0.0569. The molecule has 2 atom stereocenters. The molecule has 5 rings (SSSR count). The first-order chi connectivity index (χ1) is 18.3. The molecule has 0 aliphatic carbocycles. The number of nitrogens with zero attached hydrogens (tertiary/aromatic N) is 4. The van der Waals surface area contributed by atoms with E-state index in [0.29, 0.717) is 34.7 Å². The Balaban J connectivity index is 1.39. The molecule has 1 saturated heterocycles. The van der Waals surface area contributed by atoms with Gasteiger partial charge in [-0.3, -0.25) is 14.5 Å². The van der Waals surface area contributed by atoms with Crippen LogP contribution in [0.5, 0.6) is 0 Å². The normalized spacial score (nSPS) is 18.0. The molecule has 3 heterocycles. The first kappa shape index (κ1) is 25.6. The van der Waals surface area contributed by atoms with E-state index >= 15 is 0 Å². The number of likely N-dealkylation sites (tertiary alicyclic amines) is 1. The summed E-state index contributed by atoms with van der Waals surface area (Å²) in [6.45, 7) is 6.36. The molecule has 1 aliphatic rings. The fraction of sp³-hybridized carbons (Fsp3) is 0.357. The highest BCUT2D eigenvalue weighted by Crippen LogP contribution is 2.24. The van der Waals surface area contributed by atoms with Crippen molar-refractivity contribution >= 4 is 28.6 Å². The summed E-state index contributed by atoms with van der Waals surface area (Å²) in [5, 5.41) is 13.2. The van der Waals surface area contributed by atoms with E-state index in [1.807, 2.05) is 29.8 Å². The molecule has 1 amide bonds. The van der Waals surface area contributed by atoms with Crippen LogP contribution in [0.3, 0.4) is 0 Å². The average molecular weight is 517 g/mol. The monoisotopic (exact) mass is 516 g/mol. The zero-order valence-corrected chi connectivity index (χ0v) is 21.8. The second-order valence-corrected chi connectivity index (χ2v) is 10.0. The fourth-order valence-corrected chi connectivity index (χ4v) is 4.87. The number of amides is 1. The van der Waals surface area contributed by atoms with Gasteiger partial charge in [0.1, 0.15) is 12.2 Å². The molecule has 3 N–H and O–H groups in total. The lowest BCUT2D eigenvalue weighted by atomic mass is 9.96. The number of aromatic nitrogens is 4. The molecule has 2 aromatic heterocycles. The predicted molar refractivity (Wildman–Crippen MR) is 143 cm³/mol. The molecule has 4 aromatic rings. The van der Waals surface area contributed by atoms with Gasteiger partial charge in [-0.05, 0) is 61.2 Å². The molecule has 0 bridgehead atoms. The molecular formula is C28H32N6O4. The van der Waals surface area contributed by atoms with Crippen LogP contribution in [-0.2, 0) is 22.5 Å². The van der Waals surface area contributed by atoms with Crippen LogP contribution >= 0.6 is 0 Å². The number of esters is 1. The highest BCUT2D eigenvalue weighted by Gasteiger charge is 2.24. The number of carbonyl (C=O) groups excluding carboxylic acids is 2. The van der Waals surface area contributed by atoms with Crippen molar-refractivity contribution in [3.63, 3.8) is 0 Å². The second-order valence-electron chi connectivity index (χ2n) is 10.0. The number of aliphatic hydroxyl groups excluding tert-OH is 1. The Kier molecular flexibility index (Phi) is 7.26. The third-order valence-corrected chi connectivity index (χ3v) is 6.93. The van der Waals surface area contributed by atoms with Gasteiger partial charge in [0.05, 0.1) is 36.3 Å². The number of ether oxygens (including phenoxy) is 1. The Labute approximate surface area is 220 Å². The molecule has 198 valence electrons. The number of aliphatic hydroxyl groups is 1. The van der Waals surface area contributed by atoms with Gasteiger partial charge in [0, 0.05) is 42.8 Å². The van der Waals surface area contributed by atoms with Gasteiger partial charge in [-0.15, -0.1) is 0 Å². The molecule has 2 aromatic carbocycles. The number of carbonyl (C=O) groups is 2. The molecular weight excluding hydrogens is 484 g/mol. The van der Waals surface area contributed by atoms with E-state index in [9.17, 15) is 14.7 Å². The van der Waals surface area contributed by atoms with E-state index in [2.05, 4.69) is 38.2 Å². The summed E-state index contributed by atoms with van der Waals surface area (Å²) >= 11 is 0. The van der Waals surface area contributed by atoms with Crippen molar-refractivity contribution in [2.24, 2.45) is 5.92 Å². The highest BCUT2D eigenvalue weighted by molar-refractivity contribution is 6.06. The molecule has 0 radical (unpaired) electrons. The Morgan fingerprint density at radius 2 is 2.08 bits per heavy atom.